The summed E-state index contributed by atoms with van der Waals surface area (Å²) in [5.74, 6) is 0.770. The number of carbonyl (C=O) groups is 1. The Morgan fingerprint density at radius 1 is 1.33 bits per heavy atom. The Bertz CT molecular complexity index is 337. The first kappa shape index (κ1) is 18.7. The van der Waals surface area contributed by atoms with Gasteiger partial charge in [0.25, 0.3) is 0 Å². The number of nitrogens with one attached hydrogen (secondary N) is 2. The Morgan fingerprint density at radius 3 is 2.43 bits per heavy atom. The Kier molecular flexibility index (Phi) is 6.95. The zero-order chi connectivity index (χ0) is 14.8. The van der Waals surface area contributed by atoms with Gasteiger partial charge in [0, 0.05) is 31.7 Å². The van der Waals surface area contributed by atoms with Gasteiger partial charge in [-0.1, -0.05) is 0 Å². The highest BCUT2D eigenvalue weighted by molar-refractivity contribution is 5.85. The molecule has 2 aliphatic rings. The lowest BCUT2D eigenvalue weighted by Crippen LogP contribution is -2.42. The quantitative estimate of drug-likeness (QED) is 0.791. The zero-order valence-corrected chi connectivity index (χ0v) is 14.6. The van der Waals surface area contributed by atoms with Crippen molar-refractivity contribution < 1.29 is 9.53 Å². The molecule has 124 valence electrons. The fourth-order valence-corrected chi connectivity index (χ4v) is 3.81. The van der Waals surface area contributed by atoms with Gasteiger partial charge in [-0.15, -0.1) is 12.4 Å². The summed E-state index contributed by atoms with van der Waals surface area (Å²) >= 11 is 0. The van der Waals surface area contributed by atoms with Gasteiger partial charge in [0.05, 0.1) is 5.60 Å². The third kappa shape index (κ3) is 5.76. The third-order valence-electron chi connectivity index (χ3n) is 4.80. The highest BCUT2D eigenvalue weighted by atomic mass is 35.5. The van der Waals surface area contributed by atoms with Crippen molar-refractivity contribution in [2.45, 2.75) is 83.0 Å². The molecule has 2 heterocycles. The molecule has 0 radical (unpaired) electrons. The number of carbonyl (C=O) groups excluding carboxylic acids is 1. The molecule has 4 nitrogen and oxygen atoms in total. The van der Waals surface area contributed by atoms with Crippen LogP contribution in [0, 0.1) is 5.92 Å². The average molecular weight is 319 g/mol. The fraction of sp³-hybridized carbons (Fsp3) is 0.938. The van der Waals surface area contributed by atoms with E-state index in [1.807, 2.05) is 0 Å². The Balaban J connectivity index is 0.00000220. The van der Waals surface area contributed by atoms with Crippen LogP contribution in [0.5, 0.6) is 0 Å². The van der Waals surface area contributed by atoms with Gasteiger partial charge >= 0.3 is 0 Å². The smallest absolute Gasteiger partial charge is 0.220 e. The number of piperidine rings is 1. The largest absolute Gasteiger partial charge is 0.379 e. The van der Waals surface area contributed by atoms with Gasteiger partial charge in [-0.2, -0.15) is 0 Å². The topological polar surface area (TPSA) is 50.4 Å². The molecule has 0 aromatic carbocycles. The van der Waals surface area contributed by atoms with Crippen molar-refractivity contribution in [1.29, 1.82) is 0 Å². The minimum absolute atomic E-state index is 0. The number of hydrogen-bond acceptors (Lipinski definition) is 3. The predicted octanol–water partition coefficient (Wildman–Crippen LogP) is 2.65. The Labute approximate surface area is 135 Å². The van der Waals surface area contributed by atoms with Crippen LogP contribution in [0.3, 0.4) is 0 Å². The molecule has 2 aliphatic heterocycles. The zero-order valence-electron chi connectivity index (χ0n) is 13.8. The number of ether oxygens (including phenoxy) is 1. The van der Waals surface area contributed by atoms with Gasteiger partial charge in [-0.3, -0.25) is 4.79 Å². The van der Waals surface area contributed by atoms with Crippen molar-refractivity contribution in [3.63, 3.8) is 0 Å². The fourth-order valence-electron chi connectivity index (χ4n) is 3.81. The van der Waals surface area contributed by atoms with E-state index in [0.29, 0.717) is 24.4 Å². The van der Waals surface area contributed by atoms with E-state index < -0.39 is 0 Å². The molecule has 2 rings (SSSR count). The molecule has 0 spiro atoms. The first-order valence-corrected chi connectivity index (χ1v) is 7.98. The average Bonchev–Trinajstić information content (AvgIpc) is 2.67. The van der Waals surface area contributed by atoms with Crippen LogP contribution in [0.1, 0.15) is 59.3 Å². The molecular formula is C16H31ClN2O2. The molecule has 0 aromatic heterocycles. The van der Waals surface area contributed by atoms with Crippen LogP contribution >= 0.6 is 12.4 Å². The van der Waals surface area contributed by atoms with Crippen molar-refractivity contribution >= 4 is 18.3 Å². The maximum Gasteiger partial charge on any atom is 0.220 e. The van der Waals surface area contributed by atoms with E-state index in [2.05, 4.69) is 31.4 Å². The normalized spacial score (nSPS) is 29.6. The minimum atomic E-state index is -0.180. The molecule has 3 unspecified atom stereocenters. The van der Waals surface area contributed by atoms with E-state index in [0.717, 1.165) is 6.42 Å². The Hall–Kier alpha value is -0.320. The molecule has 2 fully saturated rings. The second-order valence-corrected chi connectivity index (χ2v) is 7.32. The van der Waals surface area contributed by atoms with Crippen LogP contribution in [0.2, 0.25) is 0 Å². The summed E-state index contributed by atoms with van der Waals surface area (Å²) in [6, 6.07) is 1.49. The molecule has 5 heteroatoms. The number of hydrogen-bond donors (Lipinski definition) is 2. The van der Waals surface area contributed by atoms with Crippen molar-refractivity contribution in [2.24, 2.45) is 5.92 Å². The first-order valence-electron chi connectivity index (χ1n) is 7.98. The summed E-state index contributed by atoms with van der Waals surface area (Å²) < 4.78 is 5.42. The van der Waals surface area contributed by atoms with E-state index in [-0.39, 0.29) is 30.0 Å². The van der Waals surface area contributed by atoms with Crippen LogP contribution in [-0.2, 0) is 9.53 Å². The highest BCUT2D eigenvalue weighted by Crippen LogP contribution is 2.32. The molecule has 2 N–H and O–H groups in total. The minimum Gasteiger partial charge on any atom is -0.379 e. The van der Waals surface area contributed by atoms with E-state index in [9.17, 15) is 4.79 Å². The summed E-state index contributed by atoms with van der Waals surface area (Å²) in [6.07, 6.45) is 6.45. The van der Waals surface area contributed by atoms with E-state index in [1.54, 1.807) is 7.11 Å². The number of halogens is 1. The van der Waals surface area contributed by atoms with E-state index >= 15 is 0 Å². The number of methoxy groups -OCH3 is 1. The maximum atomic E-state index is 12.2. The summed E-state index contributed by atoms with van der Waals surface area (Å²) in [5.41, 5.74) is -0.180. The van der Waals surface area contributed by atoms with Crippen molar-refractivity contribution in [2.75, 3.05) is 7.11 Å². The van der Waals surface area contributed by atoms with Gasteiger partial charge in [0.2, 0.25) is 5.91 Å². The Morgan fingerprint density at radius 2 is 1.90 bits per heavy atom. The van der Waals surface area contributed by atoms with Gasteiger partial charge in [0.1, 0.15) is 0 Å². The lowest BCUT2D eigenvalue weighted by atomic mass is 9.89. The van der Waals surface area contributed by atoms with E-state index in [4.69, 9.17) is 4.74 Å². The molecule has 0 aromatic rings. The molecule has 3 atom stereocenters. The second kappa shape index (κ2) is 7.80. The molecule has 2 bridgehead atoms. The van der Waals surface area contributed by atoms with Crippen molar-refractivity contribution in [3.8, 4) is 0 Å². The van der Waals surface area contributed by atoms with Gasteiger partial charge < -0.3 is 15.4 Å². The maximum absolute atomic E-state index is 12.2. The van der Waals surface area contributed by atoms with Crippen LogP contribution in [-0.4, -0.2) is 36.7 Å². The van der Waals surface area contributed by atoms with Crippen molar-refractivity contribution in [1.82, 2.24) is 10.6 Å². The molecule has 1 amide bonds. The standard InChI is InChI=1S/C16H30N2O2.ClH/c1-11(10-16(2,3)20-4)17-15(19)9-12-7-13-5-6-14(8-12)18-13;/h11-14,18H,5-10H2,1-4H3,(H,17,19);1H. The molecule has 0 aliphatic carbocycles. The van der Waals surface area contributed by atoms with Gasteiger partial charge in [-0.05, 0) is 58.8 Å². The lowest BCUT2D eigenvalue weighted by Gasteiger charge is -2.30. The van der Waals surface area contributed by atoms with Crippen molar-refractivity contribution in [3.05, 3.63) is 0 Å². The van der Waals surface area contributed by atoms with Gasteiger partial charge in [0.15, 0.2) is 0 Å². The number of fused-ring (bicyclic) bond motifs is 2. The molecule has 21 heavy (non-hydrogen) atoms. The SMILES string of the molecule is COC(C)(C)CC(C)NC(=O)CC1CC2CCC(C1)N2.Cl. The van der Waals surface area contributed by atoms with Crippen LogP contribution in [0.25, 0.3) is 0 Å². The van der Waals surface area contributed by atoms with Gasteiger partial charge in [-0.25, -0.2) is 0 Å². The molecule has 2 saturated heterocycles. The summed E-state index contributed by atoms with van der Waals surface area (Å²) in [5, 5.41) is 6.75. The summed E-state index contributed by atoms with van der Waals surface area (Å²) in [4.78, 5) is 12.2. The summed E-state index contributed by atoms with van der Waals surface area (Å²) in [6.45, 7) is 6.17. The summed E-state index contributed by atoms with van der Waals surface area (Å²) in [7, 11) is 1.72. The van der Waals surface area contributed by atoms with E-state index in [1.165, 1.54) is 25.7 Å². The third-order valence-corrected chi connectivity index (χ3v) is 4.80. The van der Waals surface area contributed by atoms with Crippen LogP contribution in [0.4, 0.5) is 0 Å². The predicted molar refractivity (Wildman–Crippen MR) is 87.8 cm³/mol. The first-order chi connectivity index (χ1) is 9.38. The molecular weight excluding hydrogens is 288 g/mol. The monoisotopic (exact) mass is 318 g/mol. The van der Waals surface area contributed by atoms with Crippen LogP contribution < -0.4 is 10.6 Å². The van der Waals surface area contributed by atoms with Crippen LogP contribution in [0.15, 0.2) is 0 Å². The second-order valence-electron chi connectivity index (χ2n) is 7.32. The highest BCUT2D eigenvalue weighted by Gasteiger charge is 2.34. The lowest BCUT2D eigenvalue weighted by molar-refractivity contribution is -0.123. The number of rotatable bonds is 6. The number of amides is 1. The molecule has 0 saturated carbocycles.